The van der Waals surface area contributed by atoms with Gasteiger partial charge in [-0.3, -0.25) is 4.79 Å². The second kappa shape index (κ2) is 61.3. The van der Waals surface area contributed by atoms with Crippen molar-refractivity contribution in [2.45, 2.75) is 447 Å². The summed E-state index contributed by atoms with van der Waals surface area (Å²) in [5.74, 6) is -0.197. The van der Waals surface area contributed by atoms with Crippen LogP contribution in [0.2, 0.25) is 0 Å². The van der Waals surface area contributed by atoms with Crippen LogP contribution < -0.4 is 5.32 Å². The third-order valence-corrected chi connectivity index (χ3v) is 19.5. The van der Waals surface area contributed by atoms with Gasteiger partial charge in [0.25, 0.3) is 0 Å². The molecule has 2 aliphatic heterocycles. The van der Waals surface area contributed by atoms with Crippen molar-refractivity contribution in [1.29, 1.82) is 0 Å². The predicted molar refractivity (Wildman–Crippen MR) is 369 cm³/mol. The number of carbonyl (C=O) groups is 1. The Morgan fingerprint density at radius 1 is 0.389 bits per heavy atom. The van der Waals surface area contributed by atoms with Gasteiger partial charge >= 0.3 is 0 Å². The minimum Gasteiger partial charge on any atom is -0.394 e. The van der Waals surface area contributed by atoms with Gasteiger partial charge in [-0.25, -0.2) is 0 Å². The Bertz CT molecular complexity index is 1560. The molecule has 0 bridgehead atoms. The molecule has 14 nitrogen and oxygen atoms in total. The van der Waals surface area contributed by atoms with Gasteiger partial charge in [0.1, 0.15) is 48.8 Å². The molecule has 0 aromatic heterocycles. The smallest absolute Gasteiger partial charge is 0.220 e. The molecule has 12 atom stereocenters. The second-order valence-corrected chi connectivity index (χ2v) is 27.8. The lowest BCUT2D eigenvalue weighted by Crippen LogP contribution is -2.65. The van der Waals surface area contributed by atoms with Gasteiger partial charge in [-0.15, -0.1) is 0 Å². The zero-order chi connectivity index (χ0) is 65.2. The Morgan fingerprint density at radius 2 is 0.700 bits per heavy atom. The van der Waals surface area contributed by atoms with Crippen molar-refractivity contribution < 1.29 is 64.6 Å². The molecular formula is C76H147NO13. The Hall–Kier alpha value is -1.27. The summed E-state index contributed by atoms with van der Waals surface area (Å²) < 4.78 is 22.9. The van der Waals surface area contributed by atoms with E-state index in [9.17, 15) is 45.6 Å². The van der Waals surface area contributed by atoms with Crippen molar-refractivity contribution in [3.05, 3.63) is 12.2 Å². The average Bonchev–Trinajstić information content (AvgIpc) is 1.04. The van der Waals surface area contributed by atoms with Crippen LogP contribution in [-0.2, 0) is 23.7 Å². The minimum absolute atomic E-state index is 0.197. The first-order chi connectivity index (χ1) is 44.1. The van der Waals surface area contributed by atoms with E-state index in [0.717, 1.165) is 51.4 Å². The third-order valence-electron chi connectivity index (χ3n) is 19.5. The Labute approximate surface area is 552 Å². The van der Waals surface area contributed by atoms with Gasteiger partial charge in [0.2, 0.25) is 5.91 Å². The maximum absolute atomic E-state index is 13.4. The fourth-order valence-electron chi connectivity index (χ4n) is 13.3. The van der Waals surface area contributed by atoms with Gasteiger partial charge < -0.3 is 65.1 Å². The SMILES string of the molecule is CCCCCCCCCC/C=C\CCCCCCCCCCCCCCCCCCCCCCCCCCCCCC(=O)NC(COC1OC(CO)C(OC2OC(CO)C(O)C(O)C2O)C(O)C1O)C(O)CCCCCCCCCCCCCCCCCCC. The highest BCUT2D eigenvalue weighted by atomic mass is 16.7. The normalized spacial score (nSPS) is 22.9. The molecule has 90 heavy (non-hydrogen) atoms. The second-order valence-electron chi connectivity index (χ2n) is 27.8. The van der Waals surface area contributed by atoms with Crippen molar-refractivity contribution in [2.24, 2.45) is 0 Å². The van der Waals surface area contributed by atoms with E-state index in [-0.39, 0.29) is 12.5 Å². The number of unbranched alkanes of at least 4 members (excludes halogenated alkanes) is 51. The van der Waals surface area contributed by atoms with E-state index in [4.69, 9.17) is 18.9 Å². The molecule has 0 aliphatic carbocycles. The van der Waals surface area contributed by atoms with Crippen molar-refractivity contribution in [3.63, 3.8) is 0 Å². The highest BCUT2D eigenvalue weighted by Gasteiger charge is 2.51. The molecule has 0 aromatic rings. The van der Waals surface area contributed by atoms with E-state index in [2.05, 4.69) is 31.3 Å². The number of ether oxygens (including phenoxy) is 4. The highest BCUT2D eigenvalue weighted by molar-refractivity contribution is 5.76. The number of amides is 1. The standard InChI is InChI=1S/C76H147NO13/c1-3-5-7-9-11-13-15-17-19-21-22-23-24-25-26-27-28-29-30-31-32-33-34-35-36-37-38-39-40-41-42-44-46-48-50-52-54-56-58-60-68(81)77-64(65(80)59-57-55-53-51-49-47-45-43-20-18-16-14-12-10-8-6-4-2)63-87-75-73(86)71(84)74(67(62-79)89-75)90-76-72(85)70(83)69(82)66(61-78)88-76/h21-22,64-67,69-76,78-80,82-86H,3-20,23-63H2,1-2H3,(H,77,81)/b22-21-. The Balaban J connectivity index is 1.54. The molecule has 2 heterocycles. The molecule has 0 spiro atoms. The van der Waals surface area contributed by atoms with Gasteiger partial charge in [0.15, 0.2) is 12.6 Å². The fourth-order valence-corrected chi connectivity index (χ4v) is 13.3. The molecule has 2 saturated heterocycles. The van der Waals surface area contributed by atoms with Crippen LogP contribution in [0.25, 0.3) is 0 Å². The van der Waals surface area contributed by atoms with E-state index in [1.165, 1.54) is 295 Å². The fraction of sp³-hybridized carbons (Fsp3) is 0.961. The molecule has 1 amide bonds. The number of aliphatic hydroxyl groups is 8. The molecule has 2 fully saturated rings. The first kappa shape index (κ1) is 84.8. The summed E-state index contributed by atoms with van der Waals surface area (Å²) in [7, 11) is 0. The van der Waals surface area contributed by atoms with E-state index >= 15 is 0 Å². The van der Waals surface area contributed by atoms with Crippen molar-refractivity contribution >= 4 is 5.91 Å². The molecule has 14 heteroatoms. The lowest BCUT2D eigenvalue weighted by molar-refractivity contribution is -0.359. The highest BCUT2D eigenvalue weighted by Crippen LogP contribution is 2.30. The number of carbonyl (C=O) groups excluding carboxylic acids is 1. The summed E-state index contributed by atoms with van der Waals surface area (Å²) in [4.78, 5) is 13.4. The van der Waals surface area contributed by atoms with E-state index in [0.29, 0.717) is 12.8 Å². The number of hydrogen-bond acceptors (Lipinski definition) is 13. The zero-order valence-electron chi connectivity index (χ0n) is 58.4. The molecule has 0 saturated carbocycles. The summed E-state index contributed by atoms with van der Waals surface area (Å²) in [6.07, 6.45) is 59.8. The van der Waals surface area contributed by atoms with E-state index in [1.807, 2.05) is 0 Å². The maximum Gasteiger partial charge on any atom is 0.220 e. The summed E-state index contributed by atoms with van der Waals surface area (Å²) >= 11 is 0. The quantitative estimate of drug-likeness (QED) is 0.0204. The van der Waals surface area contributed by atoms with Crippen LogP contribution >= 0.6 is 0 Å². The summed E-state index contributed by atoms with van der Waals surface area (Å²) in [6, 6.07) is -0.825. The van der Waals surface area contributed by atoms with Gasteiger partial charge in [-0.2, -0.15) is 0 Å². The maximum atomic E-state index is 13.4. The molecule has 0 radical (unpaired) electrons. The molecule has 0 aromatic carbocycles. The zero-order valence-corrected chi connectivity index (χ0v) is 58.4. The lowest BCUT2D eigenvalue weighted by Gasteiger charge is -2.46. The first-order valence-corrected chi connectivity index (χ1v) is 38.9. The topological polar surface area (TPSA) is 228 Å². The Kier molecular flexibility index (Phi) is 57.8. The van der Waals surface area contributed by atoms with Crippen LogP contribution in [0, 0.1) is 0 Å². The molecular weight excluding hydrogens is 1130 g/mol. The molecule has 12 unspecified atom stereocenters. The molecule has 2 rings (SSSR count). The summed E-state index contributed by atoms with van der Waals surface area (Å²) in [6.45, 7) is 2.92. The minimum atomic E-state index is -1.78. The van der Waals surface area contributed by atoms with Crippen LogP contribution in [0.15, 0.2) is 12.2 Å². The molecule has 534 valence electrons. The first-order valence-electron chi connectivity index (χ1n) is 38.9. The van der Waals surface area contributed by atoms with Crippen LogP contribution in [0.1, 0.15) is 373 Å². The number of hydrogen-bond donors (Lipinski definition) is 9. The van der Waals surface area contributed by atoms with Crippen molar-refractivity contribution in [2.75, 3.05) is 19.8 Å². The number of allylic oxidation sites excluding steroid dienone is 2. The van der Waals surface area contributed by atoms with Crippen LogP contribution in [0.3, 0.4) is 0 Å². The number of aliphatic hydroxyl groups excluding tert-OH is 8. The summed E-state index contributed by atoms with van der Waals surface area (Å²) in [5, 5.41) is 87.6. The van der Waals surface area contributed by atoms with Crippen molar-refractivity contribution in [3.8, 4) is 0 Å². The van der Waals surface area contributed by atoms with Gasteiger partial charge in [0, 0.05) is 6.42 Å². The summed E-state index contributed by atoms with van der Waals surface area (Å²) in [5.41, 5.74) is 0. The van der Waals surface area contributed by atoms with Gasteiger partial charge in [-0.05, 0) is 38.5 Å². The third kappa shape index (κ3) is 44.5. The van der Waals surface area contributed by atoms with Gasteiger partial charge in [0.05, 0.1) is 32.0 Å². The number of rotatable bonds is 66. The number of nitrogens with one attached hydrogen (secondary N) is 1. The van der Waals surface area contributed by atoms with Gasteiger partial charge in [-0.1, -0.05) is 341 Å². The Morgan fingerprint density at radius 3 is 1.06 bits per heavy atom. The lowest BCUT2D eigenvalue weighted by atomic mass is 9.97. The molecule has 9 N–H and O–H groups in total. The van der Waals surface area contributed by atoms with E-state index in [1.54, 1.807) is 0 Å². The van der Waals surface area contributed by atoms with Crippen LogP contribution in [-0.4, -0.2) is 140 Å². The van der Waals surface area contributed by atoms with E-state index < -0.39 is 86.8 Å². The predicted octanol–water partition coefficient (Wildman–Crippen LogP) is 16.9. The average molecular weight is 1280 g/mol. The molecule has 2 aliphatic rings. The van der Waals surface area contributed by atoms with Crippen LogP contribution in [0.4, 0.5) is 0 Å². The van der Waals surface area contributed by atoms with Crippen molar-refractivity contribution in [1.82, 2.24) is 5.32 Å². The monoisotopic (exact) mass is 1280 g/mol. The van der Waals surface area contributed by atoms with Crippen LogP contribution in [0.5, 0.6) is 0 Å². The largest absolute Gasteiger partial charge is 0.394 e.